The summed E-state index contributed by atoms with van der Waals surface area (Å²) in [7, 11) is 0. The van der Waals surface area contributed by atoms with E-state index in [2.05, 4.69) is 36.4 Å². The molecular weight excluding hydrogens is 341 g/mol. The highest BCUT2D eigenvalue weighted by Crippen LogP contribution is 2.34. The van der Waals surface area contributed by atoms with Crippen LogP contribution in [0.25, 0.3) is 0 Å². The highest BCUT2D eigenvalue weighted by Gasteiger charge is 2.35. The second-order valence-corrected chi connectivity index (χ2v) is 4.52. The Balaban J connectivity index is 2.35. The number of anilines is 1. The fraction of sp³-hybridized carbons (Fsp3) is 0.0909. The second-order valence-electron chi connectivity index (χ2n) is 3.61. The van der Waals surface area contributed by atoms with E-state index in [-0.39, 0.29) is 10.4 Å². The fourth-order valence-electron chi connectivity index (χ4n) is 1.42. The molecule has 1 N–H and O–H groups in total. The molecule has 20 heavy (non-hydrogen) atoms. The van der Waals surface area contributed by atoms with Gasteiger partial charge in [-0.05, 0) is 18.2 Å². The number of benzene rings is 1. The zero-order valence-corrected chi connectivity index (χ0v) is 11.2. The van der Waals surface area contributed by atoms with E-state index in [9.17, 15) is 18.0 Å². The molecule has 2 aromatic rings. The molecule has 0 spiro atoms. The molecule has 1 amide bonds. The molecule has 1 heterocycles. The first-order valence-electron chi connectivity index (χ1n) is 5.20. The normalized spacial score (nSPS) is 11.2. The molecule has 0 unspecified atom stereocenters. The summed E-state index contributed by atoms with van der Waals surface area (Å²) >= 11 is 2.94. The molecule has 5 nitrogen and oxygen atoms in total. The molecule has 9 heteroatoms. The van der Waals surface area contributed by atoms with E-state index in [1.165, 1.54) is 18.5 Å². The van der Waals surface area contributed by atoms with Gasteiger partial charge in [0.15, 0.2) is 0 Å². The van der Waals surface area contributed by atoms with Crippen LogP contribution >= 0.6 is 15.9 Å². The van der Waals surface area contributed by atoms with Gasteiger partial charge in [-0.2, -0.15) is 18.3 Å². The van der Waals surface area contributed by atoms with Gasteiger partial charge in [0.05, 0.1) is 23.5 Å². The van der Waals surface area contributed by atoms with Crippen LogP contribution in [0.15, 0.2) is 35.1 Å². The Hall–Kier alpha value is -2.03. The second kappa shape index (κ2) is 5.53. The van der Waals surface area contributed by atoms with Crippen LogP contribution in [0.5, 0.6) is 0 Å². The number of nitrogens with one attached hydrogen (secondary N) is 1. The highest BCUT2D eigenvalue weighted by molar-refractivity contribution is 9.10. The van der Waals surface area contributed by atoms with Crippen LogP contribution in [0, 0.1) is 0 Å². The maximum atomic E-state index is 12.9. The third-order valence-electron chi connectivity index (χ3n) is 2.24. The first-order chi connectivity index (χ1) is 9.38. The van der Waals surface area contributed by atoms with Crippen molar-refractivity contribution in [3.05, 3.63) is 46.2 Å². The lowest BCUT2D eigenvalue weighted by molar-refractivity contribution is -0.137. The first-order valence-corrected chi connectivity index (χ1v) is 5.99. The molecule has 0 bridgehead atoms. The number of hydrogen-bond donors (Lipinski definition) is 1. The van der Waals surface area contributed by atoms with Crippen LogP contribution in [-0.4, -0.2) is 21.1 Å². The Labute approximate surface area is 119 Å². The van der Waals surface area contributed by atoms with Gasteiger partial charge in [0.2, 0.25) is 5.95 Å². The van der Waals surface area contributed by atoms with Crippen molar-refractivity contribution in [1.29, 1.82) is 0 Å². The number of alkyl halides is 3. The third-order valence-corrected chi connectivity index (χ3v) is 2.73. The van der Waals surface area contributed by atoms with Crippen LogP contribution in [0.1, 0.15) is 15.9 Å². The van der Waals surface area contributed by atoms with Crippen molar-refractivity contribution in [2.45, 2.75) is 6.18 Å². The minimum absolute atomic E-state index is 0.173. The Morgan fingerprint density at radius 1 is 1.25 bits per heavy atom. The molecule has 0 fully saturated rings. The lowest BCUT2D eigenvalue weighted by atomic mass is 10.1. The van der Waals surface area contributed by atoms with Gasteiger partial charge >= 0.3 is 6.18 Å². The summed E-state index contributed by atoms with van der Waals surface area (Å²) < 4.78 is 38.9. The predicted molar refractivity (Wildman–Crippen MR) is 66.9 cm³/mol. The number of amides is 1. The quantitative estimate of drug-likeness (QED) is 0.907. The minimum atomic E-state index is -4.65. The zero-order valence-electron chi connectivity index (χ0n) is 9.65. The zero-order chi connectivity index (χ0) is 14.8. The molecule has 1 aromatic carbocycles. The van der Waals surface area contributed by atoms with Crippen LogP contribution in [0.3, 0.4) is 0 Å². The number of rotatable bonds is 2. The van der Waals surface area contributed by atoms with Crippen molar-refractivity contribution in [2.75, 3.05) is 5.32 Å². The molecule has 0 atom stereocenters. The van der Waals surface area contributed by atoms with Gasteiger partial charge < -0.3 is 0 Å². The standard InChI is InChI=1S/C11H6BrF3N4O/c12-6-1-2-7(8(5-6)11(13,14)15)9(20)18-10-16-3-4-17-19-10/h1-5H,(H,16,18,19,20). The maximum absolute atomic E-state index is 12.9. The molecule has 2 rings (SSSR count). The number of hydrogen-bond acceptors (Lipinski definition) is 4. The van der Waals surface area contributed by atoms with E-state index in [1.54, 1.807) is 0 Å². The molecule has 0 radical (unpaired) electrons. The van der Waals surface area contributed by atoms with E-state index in [0.717, 1.165) is 12.1 Å². The van der Waals surface area contributed by atoms with E-state index in [4.69, 9.17) is 0 Å². The molecule has 0 aliphatic heterocycles. The van der Waals surface area contributed by atoms with Gasteiger partial charge in [-0.15, -0.1) is 5.10 Å². The summed E-state index contributed by atoms with van der Waals surface area (Å²) in [6.07, 6.45) is -2.11. The van der Waals surface area contributed by atoms with E-state index in [1.807, 2.05) is 0 Å². The van der Waals surface area contributed by atoms with Crippen molar-refractivity contribution >= 4 is 27.8 Å². The van der Waals surface area contributed by atoms with Gasteiger partial charge in [-0.25, -0.2) is 4.98 Å². The summed E-state index contributed by atoms with van der Waals surface area (Å²) in [4.78, 5) is 15.5. The smallest absolute Gasteiger partial charge is 0.289 e. The summed E-state index contributed by atoms with van der Waals surface area (Å²) in [5, 5.41) is 9.08. The van der Waals surface area contributed by atoms with Crippen LogP contribution in [0.4, 0.5) is 19.1 Å². The van der Waals surface area contributed by atoms with Crippen LogP contribution < -0.4 is 5.32 Å². The summed E-state index contributed by atoms with van der Waals surface area (Å²) in [5.41, 5.74) is -1.57. The van der Waals surface area contributed by atoms with E-state index in [0.29, 0.717) is 0 Å². The van der Waals surface area contributed by atoms with Crippen molar-refractivity contribution in [2.24, 2.45) is 0 Å². The van der Waals surface area contributed by atoms with Crippen molar-refractivity contribution in [3.8, 4) is 0 Å². The molecule has 1 aromatic heterocycles. The molecular formula is C11H6BrF3N4O. The number of nitrogens with zero attached hydrogens (tertiary/aromatic N) is 3. The topological polar surface area (TPSA) is 67.8 Å². The Morgan fingerprint density at radius 2 is 2.00 bits per heavy atom. The lowest BCUT2D eigenvalue weighted by Gasteiger charge is -2.12. The van der Waals surface area contributed by atoms with Gasteiger partial charge in [-0.3, -0.25) is 10.1 Å². The predicted octanol–water partition coefficient (Wildman–Crippen LogP) is 2.91. The molecule has 0 aliphatic carbocycles. The summed E-state index contributed by atoms with van der Waals surface area (Å²) in [6, 6.07) is 3.24. The highest BCUT2D eigenvalue weighted by atomic mass is 79.9. The van der Waals surface area contributed by atoms with E-state index >= 15 is 0 Å². The summed E-state index contributed by atoms with van der Waals surface area (Å²) in [6.45, 7) is 0. The number of carbonyl (C=O) groups is 1. The number of halogens is 4. The SMILES string of the molecule is O=C(Nc1nccnn1)c1ccc(Br)cc1C(F)(F)F. The van der Waals surface area contributed by atoms with Crippen molar-refractivity contribution in [3.63, 3.8) is 0 Å². The van der Waals surface area contributed by atoms with Gasteiger partial charge in [0.25, 0.3) is 5.91 Å². The average Bonchev–Trinajstić information content (AvgIpc) is 2.38. The monoisotopic (exact) mass is 346 g/mol. The van der Waals surface area contributed by atoms with Crippen LogP contribution in [0.2, 0.25) is 0 Å². The Kier molecular flexibility index (Phi) is 3.98. The first kappa shape index (κ1) is 14.4. The number of aromatic nitrogens is 3. The van der Waals surface area contributed by atoms with Crippen molar-refractivity contribution < 1.29 is 18.0 Å². The molecule has 104 valence electrons. The summed E-state index contributed by atoms with van der Waals surface area (Å²) in [5.74, 6) is -1.13. The van der Waals surface area contributed by atoms with Crippen LogP contribution in [-0.2, 0) is 6.18 Å². The number of carbonyl (C=O) groups excluding carboxylic acids is 1. The Morgan fingerprint density at radius 3 is 2.60 bits per heavy atom. The third kappa shape index (κ3) is 3.29. The Bertz CT molecular complexity index is 633. The molecule has 0 saturated carbocycles. The fourth-order valence-corrected chi connectivity index (χ4v) is 1.78. The minimum Gasteiger partial charge on any atom is -0.289 e. The van der Waals surface area contributed by atoms with Crippen molar-refractivity contribution in [1.82, 2.24) is 15.2 Å². The van der Waals surface area contributed by atoms with Gasteiger partial charge in [0, 0.05) is 4.47 Å². The maximum Gasteiger partial charge on any atom is 0.417 e. The average molecular weight is 347 g/mol. The van der Waals surface area contributed by atoms with Gasteiger partial charge in [0.1, 0.15) is 0 Å². The van der Waals surface area contributed by atoms with E-state index < -0.39 is 23.2 Å². The lowest BCUT2D eigenvalue weighted by Crippen LogP contribution is -2.20. The molecule has 0 saturated heterocycles. The largest absolute Gasteiger partial charge is 0.417 e. The molecule has 0 aliphatic rings. The van der Waals surface area contributed by atoms with Gasteiger partial charge in [-0.1, -0.05) is 15.9 Å².